The smallest absolute Gasteiger partial charge is 0.0160 e. The largest absolute Gasteiger partial charge is 0.0807 e. The number of hydrogen-bond acceptors (Lipinski definition) is 0. The molecule has 0 aromatic heterocycles. The van der Waals surface area contributed by atoms with Crippen LogP contribution in [0.25, 0.3) is 0 Å². The first-order valence-corrected chi connectivity index (χ1v) is 6.50. The first-order chi connectivity index (χ1) is 7.47. The predicted octanol–water partition coefficient (Wildman–Crippen LogP) is 5.04. The maximum absolute atomic E-state index is 2.40. The van der Waals surface area contributed by atoms with Crippen molar-refractivity contribution in [1.29, 1.82) is 0 Å². The maximum atomic E-state index is 2.40. The molecule has 0 heteroatoms. The van der Waals surface area contributed by atoms with Gasteiger partial charge in [0.05, 0.1) is 0 Å². The van der Waals surface area contributed by atoms with E-state index in [1.54, 1.807) is 5.57 Å². The molecule has 0 radical (unpaired) electrons. The van der Waals surface area contributed by atoms with Crippen molar-refractivity contribution < 1.29 is 0 Å². The molecule has 0 amide bonds. The van der Waals surface area contributed by atoms with Crippen molar-refractivity contribution in [3.63, 3.8) is 0 Å². The molecule has 0 spiro atoms. The highest BCUT2D eigenvalue weighted by Crippen LogP contribution is 2.31. The summed E-state index contributed by atoms with van der Waals surface area (Å²) in [5.74, 6) is 0.866. The van der Waals surface area contributed by atoms with Crippen LogP contribution in [0, 0.1) is 5.92 Å². The minimum atomic E-state index is 0.866. The van der Waals surface area contributed by atoms with E-state index < -0.39 is 0 Å². The van der Waals surface area contributed by atoms with Gasteiger partial charge in [0.25, 0.3) is 0 Å². The fourth-order valence-corrected chi connectivity index (χ4v) is 2.33. The van der Waals surface area contributed by atoms with Crippen molar-refractivity contribution in [2.75, 3.05) is 0 Å². The van der Waals surface area contributed by atoms with Crippen LogP contribution in [0.15, 0.2) is 36.0 Å². The summed E-state index contributed by atoms with van der Waals surface area (Å²) in [6, 6.07) is 0. The quantitative estimate of drug-likeness (QED) is 0.561. The summed E-state index contributed by atoms with van der Waals surface area (Å²) in [7, 11) is 0. The van der Waals surface area contributed by atoms with Crippen LogP contribution in [0.1, 0.15) is 52.4 Å². The lowest BCUT2D eigenvalue weighted by molar-refractivity contribution is 0.408. The monoisotopic (exact) mass is 204 g/mol. The standard InChI is InChI=1S/C13H18.C2H6/c1-2-5-9-12(8-4-1)13-10-6-3-7-11-13;1-2/h1-2,4,8-9,13H,3,5-7,10-11H2;1-2H3. The van der Waals surface area contributed by atoms with Gasteiger partial charge in [-0.15, -0.1) is 0 Å². The van der Waals surface area contributed by atoms with E-state index in [1.807, 2.05) is 13.8 Å². The van der Waals surface area contributed by atoms with Crippen LogP contribution in [0.3, 0.4) is 0 Å². The Morgan fingerprint density at radius 3 is 2.47 bits per heavy atom. The van der Waals surface area contributed by atoms with Crippen molar-refractivity contribution in [2.24, 2.45) is 5.92 Å². The molecule has 0 atom stereocenters. The van der Waals surface area contributed by atoms with Gasteiger partial charge < -0.3 is 0 Å². The van der Waals surface area contributed by atoms with E-state index in [-0.39, 0.29) is 0 Å². The van der Waals surface area contributed by atoms with Gasteiger partial charge in [-0.3, -0.25) is 0 Å². The summed E-state index contributed by atoms with van der Waals surface area (Å²) in [5, 5.41) is 0. The highest BCUT2D eigenvalue weighted by molar-refractivity contribution is 5.28. The SMILES string of the molecule is C1=CCC=C(C2CCCCC2)C=C1.CC. The number of allylic oxidation sites excluding steroid dienone is 6. The zero-order chi connectivity index (χ0) is 10.9. The molecule has 2 aliphatic rings. The van der Waals surface area contributed by atoms with Crippen molar-refractivity contribution >= 4 is 0 Å². The van der Waals surface area contributed by atoms with Gasteiger partial charge in [-0.2, -0.15) is 0 Å². The van der Waals surface area contributed by atoms with Gasteiger partial charge in [-0.05, 0) is 30.8 Å². The van der Waals surface area contributed by atoms with E-state index >= 15 is 0 Å². The second-order valence-electron chi connectivity index (χ2n) is 4.06. The predicted molar refractivity (Wildman–Crippen MR) is 68.9 cm³/mol. The summed E-state index contributed by atoms with van der Waals surface area (Å²) < 4.78 is 0. The summed E-state index contributed by atoms with van der Waals surface area (Å²) in [5.41, 5.74) is 1.59. The Hall–Kier alpha value is -0.780. The first-order valence-electron chi connectivity index (χ1n) is 6.50. The highest BCUT2D eigenvalue weighted by Gasteiger charge is 2.15. The molecule has 0 N–H and O–H groups in total. The average Bonchev–Trinajstić information content (AvgIpc) is 2.61. The van der Waals surface area contributed by atoms with E-state index in [9.17, 15) is 0 Å². The minimum absolute atomic E-state index is 0.866. The molecule has 0 bridgehead atoms. The molecule has 0 aromatic carbocycles. The van der Waals surface area contributed by atoms with Gasteiger partial charge in [-0.25, -0.2) is 0 Å². The zero-order valence-electron chi connectivity index (χ0n) is 10.2. The maximum Gasteiger partial charge on any atom is -0.0160 e. The summed E-state index contributed by atoms with van der Waals surface area (Å²) in [6.45, 7) is 4.00. The average molecular weight is 204 g/mol. The summed E-state index contributed by atoms with van der Waals surface area (Å²) >= 11 is 0. The van der Waals surface area contributed by atoms with Crippen LogP contribution in [0.4, 0.5) is 0 Å². The molecule has 84 valence electrons. The molecule has 1 saturated carbocycles. The third-order valence-electron chi connectivity index (χ3n) is 3.10. The van der Waals surface area contributed by atoms with Crippen molar-refractivity contribution in [2.45, 2.75) is 52.4 Å². The summed E-state index contributed by atoms with van der Waals surface area (Å²) in [6.07, 6.45) is 19.5. The van der Waals surface area contributed by atoms with E-state index in [4.69, 9.17) is 0 Å². The molecule has 2 rings (SSSR count). The Bertz CT molecular complexity index is 237. The number of hydrogen-bond donors (Lipinski definition) is 0. The van der Waals surface area contributed by atoms with E-state index in [2.05, 4.69) is 30.4 Å². The Kier molecular flexibility index (Phi) is 6.15. The minimum Gasteiger partial charge on any atom is -0.0807 e. The molecule has 2 aliphatic carbocycles. The highest BCUT2D eigenvalue weighted by atomic mass is 14.2. The van der Waals surface area contributed by atoms with Crippen LogP contribution < -0.4 is 0 Å². The van der Waals surface area contributed by atoms with Crippen LogP contribution in [-0.4, -0.2) is 0 Å². The van der Waals surface area contributed by atoms with Crippen molar-refractivity contribution in [1.82, 2.24) is 0 Å². The van der Waals surface area contributed by atoms with Gasteiger partial charge in [0, 0.05) is 0 Å². The Labute approximate surface area is 94.8 Å². The zero-order valence-corrected chi connectivity index (χ0v) is 10.2. The molecule has 0 nitrogen and oxygen atoms in total. The molecule has 15 heavy (non-hydrogen) atoms. The molecule has 0 unspecified atom stereocenters. The van der Waals surface area contributed by atoms with Gasteiger partial charge in [0.15, 0.2) is 0 Å². The van der Waals surface area contributed by atoms with Gasteiger partial charge in [0.1, 0.15) is 0 Å². The lowest BCUT2D eigenvalue weighted by Crippen LogP contribution is -2.07. The molecule has 0 saturated heterocycles. The van der Waals surface area contributed by atoms with Crippen molar-refractivity contribution in [3.8, 4) is 0 Å². The summed E-state index contributed by atoms with van der Waals surface area (Å²) in [4.78, 5) is 0. The Morgan fingerprint density at radius 1 is 1.00 bits per heavy atom. The van der Waals surface area contributed by atoms with Crippen LogP contribution in [-0.2, 0) is 0 Å². The van der Waals surface area contributed by atoms with E-state index in [0.717, 1.165) is 12.3 Å². The lowest BCUT2D eigenvalue weighted by Gasteiger charge is -2.22. The second-order valence-corrected chi connectivity index (χ2v) is 4.06. The normalized spacial score (nSPS) is 21.3. The van der Waals surface area contributed by atoms with Crippen LogP contribution >= 0.6 is 0 Å². The molecule has 0 aliphatic heterocycles. The third-order valence-corrected chi connectivity index (χ3v) is 3.10. The molecule has 1 fully saturated rings. The topological polar surface area (TPSA) is 0 Å². The third kappa shape index (κ3) is 4.07. The van der Waals surface area contributed by atoms with Crippen molar-refractivity contribution in [3.05, 3.63) is 36.0 Å². The van der Waals surface area contributed by atoms with Gasteiger partial charge in [-0.1, -0.05) is 63.5 Å². The fraction of sp³-hybridized carbons (Fsp3) is 0.600. The van der Waals surface area contributed by atoms with E-state index in [0.29, 0.717) is 0 Å². The first kappa shape index (κ1) is 12.3. The molecular weight excluding hydrogens is 180 g/mol. The Balaban J connectivity index is 0.000000531. The Morgan fingerprint density at radius 2 is 1.73 bits per heavy atom. The fourth-order valence-electron chi connectivity index (χ4n) is 2.33. The van der Waals surface area contributed by atoms with Crippen LogP contribution in [0.5, 0.6) is 0 Å². The molecular formula is C15H24. The lowest BCUT2D eigenvalue weighted by atomic mass is 9.83. The molecule has 0 aromatic rings. The molecule has 0 heterocycles. The van der Waals surface area contributed by atoms with Gasteiger partial charge >= 0.3 is 0 Å². The number of rotatable bonds is 1. The van der Waals surface area contributed by atoms with Crippen LogP contribution in [0.2, 0.25) is 0 Å². The second kappa shape index (κ2) is 7.50. The van der Waals surface area contributed by atoms with E-state index in [1.165, 1.54) is 32.1 Å². The van der Waals surface area contributed by atoms with Gasteiger partial charge in [0.2, 0.25) is 0 Å².